The molecule has 0 saturated carbocycles. The maximum absolute atomic E-state index is 12.1. The van der Waals surface area contributed by atoms with Crippen LogP contribution < -0.4 is 0 Å². The number of rotatable bonds is 4. The molecule has 3 nitrogen and oxygen atoms in total. The molecule has 0 aliphatic heterocycles. The Morgan fingerprint density at radius 1 is 1.17 bits per heavy atom. The van der Waals surface area contributed by atoms with Gasteiger partial charge in [-0.25, -0.2) is 0 Å². The van der Waals surface area contributed by atoms with E-state index < -0.39 is 0 Å². The maximum Gasteiger partial charge on any atom is 0.175 e. The summed E-state index contributed by atoms with van der Waals surface area (Å²) in [5.74, 6) is -0.297. The van der Waals surface area contributed by atoms with Gasteiger partial charge in [-0.05, 0) is 50.6 Å². The van der Waals surface area contributed by atoms with Crippen LogP contribution in [0.4, 0.5) is 0 Å². The number of nitriles is 1. The van der Waals surface area contributed by atoms with Crippen molar-refractivity contribution >= 4 is 11.9 Å². The van der Waals surface area contributed by atoms with Crippen LogP contribution in [-0.2, 0) is 4.79 Å². The summed E-state index contributed by atoms with van der Waals surface area (Å²) in [5, 5.41) is 9.28. The zero-order valence-electron chi connectivity index (χ0n) is 14.3. The van der Waals surface area contributed by atoms with E-state index in [9.17, 15) is 10.1 Å². The average molecular weight is 306 g/mol. The lowest BCUT2D eigenvalue weighted by atomic mass is 10.00. The summed E-state index contributed by atoms with van der Waals surface area (Å²) in [7, 11) is 0. The smallest absolute Gasteiger partial charge is 0.175 e. The molecule has 0 aliphatic carbocycles. The van der Waals surface area contributed by atoms with Gasteiger partial charge in [0.25, 0.3) is 0 Å². The Labute approximate surface area is 137 Å². The normalized spacial score (nSPS) is 11.6. The van der Waals surface area contributed by atoms with E-state index in [1.54, 1.807) is 6.08 Å². The molecule has 0 amide bonds. The number of aryl methyl sites for hydroxylation is 2. The van der Waals surface area contributed by atoms with Crippen LogP contribution in [0.3, 0.4) is 0 Å². The first-order chi connectivity index (χ1) is 10.8. The van der Waals surface area contributed by atoms with Crippen molar-refractivity contribution in [3.05, 3.63) is 58.4 Å². The fourth-order valence-corrected chi connectivity index (χ4v) is 2.65. The van der Waals surface area contributed by atoms with E-state index in [4.69, 9.17) is 0 Å². The van der Waals surface area contributed by atoms with Crippen LogP contribution in [-0.4, -0.2) is 10.4 Å². The van der Waals surface area contributed by atoms with Gasteiger partial charge in [0.2, 0.25) is 0 Å². The minimum atomic E-state index is -0.179. The molecule has 0 atom stereocenters. The van der Waals surface area contributed by atoms with E-state index in [0.29, 0.717) is 0 Å². The van der Waals surface area contributed by atoms with Crippen LogP contribution in [0.1, 0.15) is 36.4 Å². The highest BCUT2D eigenvalue weighted by atomic mass is 16.1. The van der Waals surface area contributed by atoms with Crippen molar-refractivity contribution in [1.29, 1.82) is 5.26 Å². The number of hydrogen-bond acceptors (Lipinski definition) is 2. The highest BCUT2D eigenvalue weighted by molar-refractivity contribution is 6.04. The van der Waals surface area contributed by atoms with Crippen LogP contribution in [0.15, 0.2) is 35.9 Å². The predicted octanol–water partition coefficient (Wildman–Crippen LogP) is 4.53. The minimum absolute atomic E-state index is 0.118. The number of nitrogens with zero attached hydrogens (tertiary/aromatic N) is 2. The van der Waals surface area contributed by atoms with Crippen LogP contribution in [0.25, 0.3) is 11.8 Å². The zero-order chi connectivity index (χ0) is 17.1. The Bertz CT molecular complexity index is 799. The standard InChI is InChI=1S/C20H22N2O/c1-13(2)20(23)18(12-21)11-17-10-15(4)22(16(17)5)19-8-6-14(3)7-9-19/h6-11,13H,1-5H3/b18-11-. The van der Waals surface area contributed by atoms with Gasteiger partial charge in [-0.2, -0.15) is 5.26 Å². The number of allylic oxidation sites excluding steroid dienone is 1. The Balaban J connectivity index is 2.51. The van der Waals surface area contributed by atoms with Crippen LogP contribution >= 0.6 is 0 Å². The van der Waals surface area contributed by atoms with E-state index in [1.165, 1.54) is 5.56 Å². The molecule has 1 aromatic carbocycles. The lowest BCUT2D eigenvalue weighted by molar-refractivity contribution is -0.117. The quantitative estimate of drug-likeness (QED) is 0.615. The first kappa shape index (κ1) is 16.8. The Hall–Kier alpha value is -2.60. The lowest BCUT2D eigenvalue weighted by Crippen LogP contribution is -2.09. The highest BCUT2D eigenvalue weighted by Crippen LogP contribution is 2.23. The molecule has 1 heterocycles. The van der Waals surface area contributed by atoms with E-state index in [-0.39, 0.29) is 17.3 Å². The molecule has 0 aliphatic rings. The molecular weight excluding hydrogens is 284 g/mol. The minimum Gasteiger partial charge on any atom is -0.318 e. The highest BCUT2D eigenvalue weighted by Gasteiger charge is 2.15. The second-order valence-corrected chi connectivity index (χ2v) is 6.19. The molecule has 0 radical (unpaired) electrons. The molecule has 0 unspecified atom stereocenters. The van der Waals surface area contributed by atoms with Crippen molar-refractivity contribution in [3.63, 3.8) is 0 Å². The predicted molar refractivity (Wildman–Crippen MR) is 93.4 cm³/mol. The monoisotopic (exact) mass is 306 g/mol. The Morgan fingerprint density at radius 3 is 2.30 bits per heavy atom. The van der Waals surface area contributed by atoms with Gasteiger partial charge < -0.3 is 4.57 Å². The van der Waals surface area contributed by atoms with Gasteiger partial charge in [-0.15, -0.1) is 0 Å². The topological polar surface area (TPSA) is 45.8 Å². The fraction of sp³-hybridized carbons (Fsp3) is 0.300. The van der Waals surface area contributed by atoms with E-state index in [2.05, 4.69) is 35.8 Å². The second kappa shape index (κ2) is 6.66. The Morgan fingerprint density at radius 2 is 1.78 bits per heavy atom. The molecule has 118 valence electrons. The van der Waals surface area contributed by atoms with Crippen molar-refractivity contribution in [2.24, 2.45) is 5.92 Å². The van der Waals surface area contributed by atoms with E-state index in [0.717, 1.165) is 22.6 Å². The third-order valence-electron chi connectivity index (χ3n) is 3.97. The molecule has 0 N–H and O–H groups in total. The number of ketones is 1. The summed E-state index contributed by atoms with van der Waals surface area (Å²) < 4.78 is 2.14. The summed E-state index contributed by atoms with van der Waals surface area (Å²) in [5.41, 5.74) is 5.52. The van der Waals surface area contributed by atoms with Crippen molar-refractivity contribution in [2.45, 2.75) is 34.6 Å². The lowest BCUT2D eigenvalue weighted by Gasteiger charge is -2.10. The number of carbonyl (C=O) groups is 1. The molecule has 0 saturated heterocycles. The number of aromatic nitrogens is 1. The van der Waals surface area contributed by atoms with Gasteiger partial charge in [0.05, 0.1) is 5.57 Å². The third kappa shape index (κ3) is 3.43. The van der Waals surface area contributed by atoms with Gasteiger partial charge in [-0.3, -0.25) is 4.79 Å². The number of Topliss-reactive ketones (excluding diaryl/α,β-unsaturated/α-hetero) is 1. The van der Waals surface area contributed by atoms with Gasteiger partial charge >= 0.3 is 0 Å². The van der Waals surface area contributed by atoms with E-state index >= 15 is 0 Å². The molecule has 0 fully saturated rings. The fourth-order valence-electron chi connectivity index (χ4n) is 2.65. The molecule has 23 heavy (non-hydrogen) atoms. The summed E-state index contributed by atoms with van der Waals surface area (Å²) >= 11 is 0. The summed E-state index contributed by atoms with van der Waals surface area (Å²) in [4.78, 5) is 12.1. The van der Waals surface area contributed by atoms with Crippen LogP contribution in [0.5, 0.6) is 0 Å². The van der Waals surface area contributed by atoms with Crippen molar-refractivity contribution in [1.82, 2.24) is 4.57 Å². The van der Waals surface area contributed by atoms with E-state index in [1.807, 2.05) is 39.8 Å². The van der Waals surface area contributed by atoms with Gasteiger partial charge in [-0.1, -0.05) is 31.5 Å². The van der Waals surface area contributed by atoms with Crippen molar-refractivity contribution in [2.75, 3.05) is 0 Å². The number of hydrogen-bond donors (Lipinski definition) is 0. The van der Waals surface area contributed by atoms with Crippen LogP contribution in [0.2, 0.25) is 0 Å². The van der Waals surface area contributed by atoms with Crippen LogP contribution in [0, 0.1) is 38.0 Å². The third-order valence-corrected chi connectivity index (χ3v) is 3.97. The van der Waals surface area contributed by atoms with Gasteiger partial charge in [0.1, 0.15) is 6.07 Å². The van der Waals surface area contributed by atoms with Crippen molar-refractivity contribution < 1.29 is 4.79 Å². The van der Waals surface area contributed by atoms with Gasteiger partial charge in [0.15, 0.2) is 5.78 Å². The largest absolute Gasteiger partial charge is 0.318 e. The molecule has 3 heteroatoms. The first-order valence-electron chi connectivity index (χ1n) is 7.77. The zero-order valence-corrected chi connectivity index (χ0v) is 14.3. The van der Waals surface area contributed by atoms with Crippen molar-refractivity contribution in [3.8, 4) is 11.8 Å². The molecule has 2 aromatic rings. The molecule has 0 bridgehead atoms. The first-order valence-corrected chi connectivity index (χ1v) is 7.77. The second-order valence-electron chi connectivity index (χ2n) is 6.19. The molecule has 2 rings (SSSR count). The summed E-state index contributed by atoms with van der Waals surface area (Å²) in [6.07, 6.45) is 1.70. The molecular formula is C20H22N2O. The molecule has 0 spiro atoms. The number of carbonyl (C=O) groups excluding carboxylic acids is 1. The summed E-state index contributed by atoms with van der Waals surface area (Å²) in [6.45, 7) is 9.71. The maximum atomic E-state index is 12.1. The van der Waals surface area contributed by atoms with Gasteiger partial charge in [0, 0.05) is 23.0 Å². The summed E-state index contributed by atoms with van der Waals surface area (Å²) in [6, 6.07) is 12.4. The SMILES string of the molecule is Cc1ccc(-n2c(C)cc(/C=C(/C#N)C(=O)C(C)C)c2C)cc1. The molecule has 1 aromatic heterocycles. The Kier molecular flexibility index (Phi) is 4.86. The average Bonchev–Trinajstić information content (AvgIpc) is 2.79. The number of benzene rings is 1.